The van der Waals surface area contributed by atoms with Crippen LogP contribution in [0.25, 0.3) is 0 Å². The van der Waals surface area contributed by atoms with Gasteiger partial charge in [-0.1, -0.05) is 15.9 Å². The highest BCUT2D eigenvalue weighted by atomic mass is 79.9. The Morgan fingerprint density at radius 2 is 2.28 bits per heavy atom. The Labute approximate surface area is 114 Å². The fourth-order valence-electron chi connectivity index (χ4n) is 2.07. The molecule has 1 saturated heterocycles. The highest BCUT2D eigenvalue weighted by Gasteiger charge is 2.39. The number of halogens is 2. The van der Waals surface area contributed by atoms with Gasteiger partial charge in [0.2, 0.25) is 0 Å². The maximum atomic E-state index is 13.6. The molecular formula is C13H14BrFN2O. The number of rotatable bonds is 4. The molecule has 0 bridgehead atoms. The van der Waals surface area contributed by atoms with E-state index in [1.165, 1.54) is 6.07 Å². The van der Waals surface area contributed by atoms with Crippen molar-refractivity contribution >= 4 is 15.9 Å². The van der Waals surface area contributed by atoms with Gasteiger partial charge in [-0.3, -0.25) is 0 Å². The van der Waals surface area contributed by atoms with Gasteiger partial charge < -0.3 is 9.64 Å². The maximum Gasteiger partial charge on any atom is 0.127 e. The first-order valence-corrected chi connectivity index (χ1v) is 6.45. The first-order valence-electron chi connectivity index (χ1n) is 5.66. The summed E-state index contributed by atoms with van der Waals surface area (Å²) in [6, 6.07) is 7.17. The largest absolute Gasteiger partial charge is 0.378 e. The number of nitrogens with zero attached hydrogens (tertiary/aromatic N) is 2. The van der Waals surface area contributed by atoms with Crippen LogP contribution in [0, 0.1) is 22.6 Å². The second-order valence-electron chi connectivity index (χ2n) is 4.79. The first-order chi connectivity index (χ1) is 8.54. The summed E-state index contributed by atoms with van der Waals surface area (Å²) in [5.41, 5.74) is 0.206. The molecule has 5 heteroatoms. The third-order valence-corrected chi connectivity index (χ3v) is 3.51. The SMILES string of the molecule is CN(Cc1cc(Br)ccc1F)CC1(C#N)COC1. The molecule has 96 valence electrons. The Morgan fingerprint density at radius 1 is 1.56 bits per heavy atom. The molecule has 1 aromatic rings. The molecular weight excluding hydrogens is 299 g/mol. The predicted molar refractivity (Wildman–Crippen MR) is 69.3 cm³/mol. The third kappa shape index (κ3) is 2.89. The van der Waals surface area contributed by atoms with Gasteiger partial charge in [0.25, 0.3) is 0 Å². The monoisotopic (exact) mass is 312 g/mol. The smallest absolute Gasteiger partial charge is 0.127 e. The van der Waals surface area contributed by atoms with E-state index in [9.17, 15) is 4.39 Å². The van der Waals surface area contributed by atoms with Crippen molar-refractivity contribution in [2.24, 2.45) is 5.41 Å². The quantitative estimate of drug-likeness (QED) is 0.857. The summed E-state index contributed by atoms with van der Waals surface area (Å²) in [5, 5.41) is 9.11. The van der Waals surface area contributed by atoms with Gasteiger partial charge in [0.1, 0.15) is 11.2 Å². The van der Waals surface area contributed by atoms with Crippen LogP contribution in [-0.2, 0) is 11.3 Å². The van der Waals surface area contributed by atoms with Crippen molar-refractivity contribution in [2.45, 2.75) is 6.54 Å². The Kier molecular flexibility index (Phi) is 4.00. The predicted octanol–water partition coefficient (Wildman–Crippen LogP) is 2.56. The van der Waals surface area contributed by atoms with Crippen molar-refractivity contribution in [1.82, 2.24) is 4.90 Å². The van der Waals surface area contributed by atoms with Gasteiger partial charge in [0.05, 0.1) is 19.3 Å². The van der Waals surface area contributed by atoms with Crippen LogP contribution in [0.1, 0.15) is 5.56 Å². The number of ether oxygens (including phenoxy) is 1. The molecule has 0 aliphatic carbocycles. The van der Waals surface area contributed by atoms with E-state index in [4.69, 9.17) is 10.00 Å². The molecule has 0 atom stereocenters. The highest BCUT2D eigenvalue weighted by Crippen LogP contribution is 2.28. The molecule has 0 spiro atoms. The lowest BCUT2D eigenvalue weighted by molar-refractivity contribution is -0.0896. The van der Waals surface area contributed by atoms with Gasteiger partial charge in [0, 0.05) is 23.1 Å². The summed E-state index contributed by atoms with van der Waals surface area (Å²) in [6.07, 6.45) is 0. The number of benzene rings is 1. The molecule has 18 heavy (non-hydrogen) atoms. The first kappa shape index (κ1) is 13.5. The van der Waals surface area contributed by atoms with Crippen LogP contribution in [0.3, 0.4) is 0 Å². The van der Waals surface area contributed by atoms with Crippen molar-refractivity contribution in [3.63, 3.8) is 0 Å². The fraction of sp³-hybridized carbons (Fsp3) is 0.462. The lowest BCUT2D eigenvalue weighted by atomic mass is 9.87. The van der Waals surface area contributed by atoms with Crippen molar-refractivity contribution < 1.29 is 9.13 Å². The van der Waals surface area contributed by atoms with Gasteiger partial charge in [-0.25, -0.2) is 4.39 Å². The van der Waals surface area contributed by atoms with E-state index in [0.29, 0.717) is 31.9 Å². The van der Waals surface area contributed by atoms with E-state index in [-0.39, 0.29) is 5.82 Å². The van der Waals surface area contributed by atoms with E-state index in [0.717, 1.165) is 4.47 Å². The zero-order valence-electron chi connectivity index (χ0n) is 10.1. The minimum atomic E-state index is -0.419. The lowest BCUT2D eigenvalue weighted by Gasteiger charge is -2.38. The summed E-state index contributed by atoms with van der Waals surface area (Å²) < 4.78 is 19.6. The molecule has 1 aliphatic heterocycles. The Balaban J connectivity index is 2.01. The molecule has 3 nitrogen and oxygen atoms in total. The van der Waals surface area contributed by atoms with Gasteiger partial charge in [-0.2, -0.15) is 5.26 Å². The van der Waals surface area contributed by atoms with Crippen LogP contribution < -0.4 is 0 Å². The molecule has 1 aliphatic rings. The van der Waals surface area contributed by atoms with Crippen LogP contribution in [-0.4, -0.2) is 31.7 Å². The highest BCUT2D eigenvalue weighted by molar-refractivity contribution is 9.10. The third-order valence-electron chi connectivity index (χ3n) is 3.01. The van der Waals surface area contributed by atoms with Crippen LogP contribution in [0.5, 0.6) is 0 Å². The molecule has 0 N–H and O–H groups in total. The minimum Gasteiger partial charge on any atom is -0.378 e. The maximum absolute atomic E-state index is 13.6. The minimum absolute atomic E-state index is 0.221. The molecule has 0 unspecified atom stereocenters. The number of nitriles is 1. The molecule has 0 radical (unpaired) electrons. The Hall–Kier alpha value is -0.960. The Morgan fingerprint density at radius 3 is 2.83 bits per heavy atom. The summed E-state index contributed by atoms with van der Waals surface area (Å²) in [4.78, 5) is 1.95. The van der Waals surface area contributed by atoms with Crippen LogP contribution >= 0.6 is 15.9 Å². The van der Waals surface area contributed by atoms with Gasteiger partial charge in [-0.05, 0) is 25.2 Å². The van der Waals surface area contributed by atoms with E-state index in [1.807, 2.05) is 11.9 Å². The van der Waals surface area contributed by atoms with Crippen LogP contribution in [0.4, 0.5) is 4.39 Å². The summed E-state index contributed by atoms with van der Waals surface area (Å²) in [5.74, 6) is -0.221. The molecule has 2 rings (SSSR count). The fourth-order valence-corrected chi connectivity index (χ4v) is 2.48. The standard InChI is InChI=1S/C13H14BrFN2O/c1-17(7-13(6-16)8-18-9-13)5-10-4-11(14)2-3-12(10)15/h2-4H,5,7-9H2,1H3. The number of hydrogen-bond acceptors (Lipinski definition) is 3. The van der Waals surface area contributed by atoms with Crippen molar-refractivity contribution in [2.75, 3.05) is 26.8 Å². The molecule has 1 aromatic carbocycles. The summed E-state index contributed by atoms with van der Waals surface area (Å²) in [7, 11) is 1.89. The van der Waals surface area contributed by atoms with Crippen LogP contribution in [0.2, 0.25) is 0 Å². The lowest BCUT2D eigenvalue weighted by Crippen LogP contribution is -2.48. The molecule has 1 fully saturated rings. The van der Waals surface area contributed by atoms with E-state index in [2.05, 4.69) is 22.0 Å². The molecule has 0 aromatic heterocycles. The molecule has 1 heterocycles. The van der Waals surface area contributed by atoms with E-state index in [1.54, 1.807) is 12.1 Å². The topological polar surface area (TPSA) is 36.3 Å². The summed E-state index contributed by atoms with van der Waals surface area (Å²) in [6.45, 7) is 2.01. The average molecular weight is 313 g/mol. The normalized spacial score (nSPS) is 17.3. The Bertz CT molecular complexity index is 482. The second kappa shape index (κ2) is 5.35. The molecule has 0 amide bonds. The molecule has 0 saturated carbocycles. The number of hydrogen-bond donors (Lipinski definition) is 0. The summed E-state index contributed by atoms with van der Waals surface area (Å²) >= 11 is 3.33. The zero-order valence-corrected chi connectivity index (χ0v) is 11.7. The van der Waals surface area contributed by atoms with E-state index >= 15 is 0 Å². The van der Waals surface area contributed by atoms with Crippen molar-refractivity contribution in [1.29, 1.82) is 5.26 Å². The van der Waals surface area contributed by atoms with Gasteiger partial charge in [0.15, 0.2) is 0 Å². The van der Waals surface area contributed by atoms with Crippen LogP contribution in [0.15, 0.2) is 22.7 Å². The second-order valence-corrected chi connectivity index (χ2v) is 5.71. The average Bonchev–Trinajstić information content (AvgIpc) is 2.28. The zero-order chi connectivity index (χ0) is 13.2. The van der Waals surface area contributed by atoms with Gasteiger partial charge in [-0.15, -0.1) is 0 Å². The van der Waals surface area contributed by atoms with Gasteiger partial charge >= 0.3 is 0 Å². The van der Waals surface area contributed by atoms with Crippen molar-refractivity contribution in [3.8, 4) is 6.07 Å². The van der Waals surface area contributed by atoms with E-state index < -0.39 is 5.41 Å². The van der Waals surface area contributed by atoms with Crippen molar-refractivity contribution in [3.05, 3.63) is 34.1 Å².